The monoisotopic (exact) mass is 327 g/mol. The first-order valence-electron chi connectivity index (χ1n) is 7.65. The minimum absolute atomic E-state index is 0.0408. The van der Waals surface area contributed by atoms with Crippen molar-refractivity contribution in [3.8, 4) is 0 Å². The molecule has 0 aliphatic carbocycles. The summed E-state index contributed by atoms with van der Waals surface area (Å²) >= 11 is 0. The second kappa shape index (κ2) is 6.23. The van der Waals surface area contributed by atoms with E-state index in [-0.39, 0.29) is 24.0 Å². The maximum absolute atomic E-state index is 12.2. The molecular formula is C16H17N5O3. The van der Waals surface area contributed by atoms with Gasteiger partial charge in [-0.15, -0.1) is 0 Å². The number of anilines is 2. The Morgan fingerprint density at radius 1 is 1.29 bits per heavy atom. The fraction of sp³-hybridized carbons (Fsp3) is 0.312. The van der Waals surface area contributed by atoms with Crippen molar-refractivity contribution in [3.63, 3.8) is 0 Å². The molecule has 0 radical (unpaired) electrons. The molecule has 2 heterocycles. The van der Waals surface area contributed by atoms with Gasteiger partial charge in [0.15, 0.2) is 11.6 Å². The number of ketones is 1. The number of fused-ring (bicyclic) bond motifs is 1. The fourth-order valence-electron chi connectivity index (χ4n) is 2.48. The van der Waals surface area contributed by atoms with E-state index in [9.17, 15) is 14.4 Å². The Labute approximate surface area is 138 Å². The normalized spacial score (nSPS) is 15.8. The number of amides is 2. The number of hydrogen-bond acceptors (Lipinski definition) is 5. The van der Waals surface area contributed by atoms with Crippen LogP contribution >= 0.6 is 0 Å². The van der Waals surface area contributed by atoms with Gasteiger partial charge in [-0.3, -0.25) is 19.7 Å². The van der Waals surface area contributed by atoms with Gasteiger partial charge in [0.2, 0.25) is 11.9 Å². The van der Waals surface area contributed by atoms with Crippen LogP contribution in [0.4, 0.5) is 11.6 Å². The zero-order valence-electron chi connectivity index (χ0n) is 13.4. The zero-order chi connectivity index (χ0) is 17.3. The third kappa shape index (κ3) is 3.03. The second-order valence-corrected chi connectivity index (χ2v) is 5.54. The van der Waals surface area contributed by atoms with Gasteiger partial charge in [0.05, 0.1) is 6.42 Å². The molecule has 24 heavy (non-hydrogen) atoms. The van der Waals surface area contributed by atoms with Crippen LogP contribution in [-0.2, 0) is 16.0 Å². The highest BCUT2D eigenvalue weighted by Crippen LogP contribution is 2.25. The van der Waals surface area contributed by atoms with Crippen LogP contribution in [0.25, 0.3) is 0 Å². The van der Waals surface area contributed by atoms with E-state index in [1.807, 2.05) is 6.92 Å². The lowest BCUT2D eigenvalue weighted by Gasteiger charge is -2.10. The summed E-state index contributed by atoms with van der Waals surface area (Å²) in [6, 6.07) is 5.88. The first-order valence-corrected chi connectivity index (χ1v) is 7.65. The topological polar surface area (TPSA) is 106 Å². The van der Waals surface area contributed by atoms with Crippen molar-refractivity contribution in [2.75, 3.05) is 10.6 Å². The molecule has 0 fully saturated rings. The number of carbonyl (C=O) groups excluding carboxylic acids is 3. The molecule has 8 heteroatoms. The molecule has 8 nitrogen and oxygen atoms in total. The summed E-state index contributed by atoms with van der Waals surface area (Å²) in [4.78, 5) is 39.6. The van der Waals surface area contributed by atoms with E-state index >= 15 is 0 Å². The molecule has 0 bridgehead atoms. The number of aryl methyl sites for hydroxylation is 1. The number of Topliss-reactive ketones (excluding diaryl/α,β-unsaturated/α-hetero) is 1. The van der Waals surface area contributed by atoms with E-state index in [0.717, 1.165) is 0 Å². The molecule has 1 aromatic heterocycles. The lowest BCUT2D eigenvalue weighted by atomic mass is 10.1. The second-order valence-electron chi connectivity index (χ2n) is 5.54. The van der Waals surface area contributed by atoms with E-state index in [0.29, 0.717) is 29.4 Å². The highest BCUT2D eigenvalue weighted by Gasteiger charge is 2.34. The molecule has 2 N–H and O–H groups in total. The van der Waals surface area contributed by atoms with Crippen LogP contribution in [0.15, 0.2) is 24.3 Å². The van der Waals surface area contributed by atoms with Crippen LogP contribution in [0.1, 0.15) is 42.5 Å². The number of rotatable bonds is 5. The molecule has 2 aromatic rings. The summed E-state index contributed by atoms with van der Waals surface area (Å²) in [5.41, 5.74) is 1.14. The van der Waals surface area contributed by atoms with Crippen molar-refractivity contribution < 1.29 is 14.4 Å². The maximum Gasteiger partial charge on any atom is 0.252 e. The van der Waals surface area contributed by atoms with Crippen LogP contribution < -0.4 is 10.6 Å². The predicted molar refractivity (Wildman–Crippen MR) is 86.8 cm³/mol. The molecule has 0 spiro atoms. The van der Waals surface area contributed by atoms with Gasteiger partial charge in [0, 0.05) is 17.7 Å². The average Bonchev–Trinajstić information content (AvgIpc) is 3.06. The SMILES string of the molecule is CCc1nc2n(n1)[C@@H](CC(=O)Nc1ccc(C(C)=O)cc1)C(=O)N2. The number of nitrogens with one attached hydrogen (secondary N) is 2. The van der Waals surface area contributed by atoms with Crippen LogP contribution in [-0.4, -0.2) is 32.4 Å². The largest absolute Gasteiger partial charge is 0.326 e. The quantitative estimate of drug-likeness (QED) is 0.811. The van der Waals surface area contributed by atoms with E-state index < -0.39 is 6.04 Å². The molecular weight excluding hydrogens is 310 g/mol. The van der Waals surface area contributed by atoms with E-state index in [1.165, 1.54) is 11.6 Å². The number of benzene rings is 1. The van der Waals surface area contributed by atoms with Gasteiger partial charge < -0.3 is 5.32 Å². The Hall–Kier alpha value is -3.03. The molecule has 0 unspecified atom stereocenters. The number of aromatic nitrogens is 3. The molecule has 3 rings (SSSR count). The summed E-state index contributed by atoms with van der Waals surface area (Å²) in [6.45, 7) is 3.39. The van der Waals surface area contributed by atoms with Gasteiger partial charge in [-0.2, -0.15) is 10.1 Å². The Morgan fingerprint density at radius 2 is 2.00 bits per heavy atom. The summed E-state index contributed by atoms with van der Waals surface area (Å²) in [6.07, 6.45) is 0.608. The molecule has 0 saturated heterocycles. The predicted octanol–water partition coefficient (Wildman–Crippen LogP) is 1.57. The Morgan fingerprint density at radius 3 is 2.62 bits per heavy atom. The maximum atomic E-state index is 12.2. The van der Waals surface area contributed by atoms with Gasteiger partial charge >= 0.3 is 0 Å². The molecule has 0 saturated carbocycles. The minimum atomic E-state index is -0.704. The van der Waals surface area contributed by atoms with Crippen molar-refractivity contribution in [1.82, 2.24) is 14.8 Å². The van der Waals surface area contributed by atoms with Crippen LogP contribution in [0.3, 0.4) is 0 Å². The van der Waals surface area contributed by atoms with Crippen LogP contribution in [0, 0.1) is 0 Å². The average molecular weight is 327 g/mol. The van der Waals surface area contributed by atoms with Crippen LogP contribution in [0.2, 0.25) is 0 Å². The summed E-state index contributed by atoms with van der Waals surface area (Å²) in [5, 5.41) is 9.58. The summed E-state index contributed by atoms with van der Waals surface area (Å²) < 4.78 is 1.46. The van der Waals surface area contributed by atoms with E-state index in [1.54, 1.807) is 24.3 Å². The third-order valence-electron chi connectivity index (χ3n) is 3.78. The van der Waals surface area contributed by atoms with Crippen LogP contribution in [0.5, 0.6) is 0 Å². The number of hydrogen-bond donors (Lipinski definition) is 2. The van der Waals surface area contributed by atoms with Crippen molar-refractivity contribution in [2.45, 2.75) is 32.7 Å². The Kier molecular flexibility index (Phi) is 4.11. The van der Waals surface area contributed by atoms with Gasteiger partial charge in [-0.25, -0.2) is 4.68 Å². The van der Waals surface area contributed by atoms with E-state index in [4.69, 9.17) is 0 Å². The highest BCUT2D eigenvalue weighted by atomic mass is 16.2. The Balaban J connectivity index is 1.68. The molecule has 1 aliphatic heterocycles. The summed E-state index contributed by atoms with van der Waals surface area (Å²) in [5.74, 6) is 0.346. The zero-order valence-corrected chi connectivity index (χ0v) is 13.4. The number of nitrogens with zero attached hydrogens (tertiary/aromatic N) is 3. The smallest absolute Gasteiger partial charge is 0.252 e. The fourth-order valence-corrected chi connectivity index (χ4v) is 2.48. The molecule has 1 aromatic carbocycles. The van der Waals surface area contributed by atoms with Gasteiger partial charge in [0.25, 0.3) is 5.91 Å². The molecule has 1 aliphatic rings. The third-order valence-corrected chi connectivity index (χ3v) is 3.78. The van der Waals surface area contributed by atoms with E-state index in [2.05, 4.69) is 20.7 Å². The van der Waals surface area contributed by atoms with Gasteiger partial charge in [-0.05, 0) is 31.2 Å². The van der Waals surface area contributed by atoms with Crippen molar-refractivity contribution >= 4 is 29.2 Å². The highest BCUT2D eigenvalue weighted by molar-refractivity contribution is 6.01. The van der Waals surface area contributed by atoms with Gasteiger partial charge in [-0.1, -0.05) is 6.92 Å². The van der Waals surface area contributed by atoms with Crippen molar-refractivity contribution in [1.29, 1.82) is 0 Å². The van der Waals surface area contributed by atoms with Gasteiger partial charge in [0.1, 0.15) is 6.04 Å². The van der Waals surface area contributed by atoms with Crippen molar-refractivity contribution in [2.24, 2.45) is 0 Å². The molecule has 2 amide bonds. The lowest BCUT2D eigenvalue weighted by molar-refractivity contribution is -0.123. The Bertz CT molecular complexity index is 810. The first kappa shape index (κ1) is 15.9. The lowest BCUT2D eigenvalue weighted by Crippen LogP contribution is -2.24. The summed E-state index contributed by atoms with van der Waals surface area (Å²) in [7, 11) is 0. The molecule has 124 valence electrons. The standard InChI is InChI=1S/C16H17N5O3/c1-3-13-18-16-19-15(24)12(21(16)20-13)8-14(23)17-11-6-4-10(5-7-11)9(2)22/h4-7,12H,3,8H2,1-2H3,(H,17,23)(H,18,19,20,24)/t12-/m0/s1. The first-order chi connectivity index (χ1) is 11.5. The minimum Gasteiger partial charge on any atom is -0.326 e. The number of carbonyl (C=O) groups is 3. The van der Waals surface area contributed by atoms with Crippen molar-refractivity contribution in [3.05, 3.63) is 35.7 Å². The molecule has 1 atom stereocenters.